The van der Waals surface area contributed by atoms with Gasteiger partial charge in [0.05, 0.1) is 6.54 Å². The summed E-state index contributed by atoms with van der Waals surface area (Å²) in [5.41, 5.74) is 8.80. The van der Waals surface area contributed by atoms with E-state index in [1.54, 1.807) is 0 Å². The average molecular weight is 388 g/mol. The van der Waals surface area contributed by atoms with Crippen LogP contribution in [0, 0.1) is 0 Å². The van der Waals surface area contributed by atoms with Crippen LogP contribution in [0.2, 0.25) is 0 Å². The van der Waals surface area contributed by atoms with Crippen LogP contribution in [-0.2, 0) is 11.3 Å². The summed E-state index contributed by atoms with van der Waals surface area (Å²) < 4.78 is 0. The Morgan fingerprint density at radius 2 is 1.67 bits per heavy atom. The van der Waals surface area contributed by atoms with Crippen molar-refractivity contribution < 1.29 is 4.79 Å². The fourth-order valence-corrected chi connectivity index (χ4v) is 3.72. The van der Waals surface area contributed by atoms with Crippen molar-refractivity contribution in [3.05, 3.63) is 71.8 Å². The molecule has 0 unspecified atom stereocenters. The SMILES string of the molecule is CC(C)N(Cc1ccccc1)C(=O)CN1C[C@@H](N)[C@H](c2ccccc2)C1.Cl. The van der Waals surface area contributed by atoms with Crippen molar-refractivity contribution in [1.29, 1.82) is 0 Å². The van der Waals surface area contributed by atoms with E-state index in [4.69, 9.17) is 5.73 Å². The Morgan fingerprint density at radius 3 is 2.26 bits per heavy atom. The lowest BCUT2D eigenvalue weighted by Crippen LogP contribution is -2.43. The van der Waals surface area contributed by atoms with E-state index in [1.807, 2.05) is 29.2 Å². The van der Waals surface area contributed by atoms with E-state index in [2.05, 4.69) is 55.1 Å². The van der Waals surface area contributed by atoms with Gasteiger partial charge in [-0.3, -0.25) is 9.69 Å². The molecule has 2 atom stereocenters. The van der Waals surface area contributed by atoms with E-state index in [1.165, 1.54) is 5.56 Å². The van der Waals surface area contributed by atoms with Crippen LogP contribution in [0.15, 0.2) is 60.7 Å². The molecule has 27 heavy (non-hydrogen) atoms. The highest BCUT2D eigenvalue weighted by molar-refractivity contribution is 5.85. The van der Waals surface area contributed by atoms with Crippen LogP contribution >= 0.6 is 12.4 Å². The molecule has 1 fully saturated rings. The van der Waals surface area contributed by atoms with Gasteiger partial charge in [0.15, 0.2) is 0 Å². The van der Waals surface area contributed by atoms with E-state index in [9.17, 15) is 4.79 Å². The van der Waals surface area contributed by atoms with Crippen molar-refractivity contribution in [3.63, 3.8) is 0 Å². The Kier molecular flexibility index (Phi) is 7.84. The predicted octanol–water partition coefficient (Wildman–Crippen LogP) is 3.27. The Labute approximate surface area is 168 Å². The normalized spacial score (nSPS) is 19.7. The maximum absolute atomic E-state index is 12.9. The average Bonchev–Trinajstić information content (AvgIpc) is 3.01. The molecule has 1 saturated heterocycles. The van der Waals surface area contributed by atoms with Crippen molar-refractivity contribution in [2.24, 2.45) is 5.73 Å². The molecular formula is C22H30ClN3O. The molecule has 1 heterocycles. The van der Waals surface area contributed by atoms with Crippen LogP contribution in [0.5, 0.6) is 0 Å². The molecule has 146 valence electrons. The lowest BCUT2D eigenvalue weighted by molar-refractivity contribution is -0.134. The molecule has 2 N–H and O–H groups in total. The standard InChI is InChI=1S/C22H29N3O.ClH/c1-17(2)25(13-18-9-5-3-6-10-18)22(26)16-24-14-20(21(23)15-24)19-11-7-4-8-12-19;/h3-12,17,20-21H,13-16,23H2,1-2H3;1H/t20-,21+;/m0./s1. The molecule has 0 aromatic heterocycles. The highest BCUT2D eigenvalue weighted by Gasteiger charge is 2.33. The minimum Gasteiger partial charge on any atom is -0.335 e. The van der Waals surface area contributed by atoms with Crippen molar-refractivity contribution in [2.45, 2.75) is 38.4 Å². The third kappa shape index (κ3) is 5.55. The fraction of sp³-hybridized carbons (Fsp3) is 0.409. The maximum Gasteiger partial charge on any atom is 0.237 e. The highest BCUT2D eigenvalue weighted by Crippen LogP contribution is 2.26. The second-order valence-corrected chi connectivity index (χ2v) is 7.48. The van der Waals surface area contributed by atoms with Crippen LogP contribution in [0.1, 0.15) is 30.9 Å². The first-order valence-corrected chi connectivity index (χ1v) is 9.41. The van der Waals surface area contributed by atoms with Crippen molar-refractivity contribution in [1.82, 2.24) is 9.80 Å². The minimum atomic E-state index is 0. The second-order valence-electron chi connectivity index (χ2n) is 7.48. The van der Waals surface area contributed by atoms with Crippen molar-refractivity contribution in [3.8, 4) is 0 Å². The third-order valence-corrected chi connectivity index (χ3v) is 5.17. The number of hydrogen-bond acceptors (Lipinski definition) is 3. The quantitative estimate of drug-likeness (QED) is 0.827. The molecule has 1 amide bonds. The van der Waals surface area contributed by atoms with E-state index < -0.39 is 0 Å². The minimum absolute atomic E-state index is 0. The van der Waals surface area contributed by atoms with Crippen molar-refractivity contribution in [2.75, 3.05) is 19.6 Å². The summed E-state index contributed by atoms with van der Waals surface area (Å²) in [7, 11) is 0. The van der Waals surface area contributed by atoms with Gasteiger partial charge in [0.25, 0.3) is 0 Å². The lowest BCUT2D eigenvalue weighted by atomic mass is 9.95. The Bertz CT molecular complexity index is 708. The topological polar surface area (TPSA) is 49.6 Å². The van der Waals surface area contributed by atoms with Gasteiger partial charge in [-0.2, -0.15) is 0 Å². The molecule has 2 aromatic rings. The second kappa shape index (κ2) is 9.88. The lowest BCUT2D eigenvalue weighted by Gasteiger charge is -2.29. The first-order valence-electron chi connectivity index (χ1n) is 9.41. The molecule has 2 aromatic carbocycles. The van der Waals surface area contributed by atoms with E-state index in [0.717, 1.165) is 18.7 Å². The summed E-state index contributed by atoms with van der Waals surface area (Å²) >= 11 is 0. The largest absolute Gasteiger partial charge is 0.335 e. The van der Waals surface area contributed by atoms with Crippen molar-refractivity contribution >= 4 is 18.3 Å². The third-order valence-electron chi connectivity index (χ3n) is 5.17. The molecule has 0 spiro atoms. The van der Waals surface area contributed by atoms with Gasteiger partial charge in [-0.15, -0.1) is 12.4 Å². The summed E-state index contributed by atoms with van der Waals surface area (Å²) in [5.74, 6) is 0.468. The monoisotopic (exact) mass is 387 g/mol. The Balaban J connectivity index is 0.00000261. The smallest absolute Gasteiger partial charge is 0.237 e. The molecular weight excluding hydrogens is 358 g/mol. The number of hydrogen-bond donors (Lipinski definition) is 1. The Morgan fingerprint density at radius 1 is 1.07 bits per heavy atom. The Hall–Kier alpha value is -1.88. The first kappa shape index (κ1) is 21.4. The molecule has 0 aliphatic carbocycles. The number of amides is 1. The summed E-state index contributed by atoms with van der Waals surface area (Å²) in [4.78, 5) is 17.1. The summed E-state index contributed by atoms with van der Waals surface area (Å²) in [6.07, 6.45) is 0. The molecule has 3 rings (SSSR count). The van der Waals surface area contributed by atoms with Gasteiger partial charge in [-0.25, -0.2) is 0 Å². The number of nitrogens with zero attached hydrogens (tertiary/aromatic N) is 2. The molecule has 5 heteroatoms. The van der Waals surface area contributed by atoms with Gasteiger partial charge in [0.2, 0.25) is 5.91 Å². The number of halogens is 1. The number of nitrogens with two attached hydrogens (primary N) is 1. The van der Waals surface area contributed by atoms with Gasteiger partial charge in [0, 0.05) is 37.6 Å². The van der Waals surface area contributed by atoms with E-state index in [-0.39, 0.29) is 30.4 Å². The number of carbonyl (C=O) groups excluding carboxylic acids is 1. The highest BCUT2D eigenvalue weighted by atomic mass is 35.5. The predicted molar refractivity (Wildman–Crippen MR) is 113 cm³/mol. The molecule has 1 aliphatic heterocycles. The molecule has 4 nitrogen and oxygen atoms in total. The zero-order valence-electron chi connectivity index (χ0n) is 16.1. The van der Waals surface area contributed by atoms with Gasteiger partial charge in [-0.1, -0.05) is 60.7 Å². The number of carbonyl (C=O) groups is 1. The van der Waals surface area contributed by atoms with Gasteiger partial charge in [0.1, 0.15) is 0 Å². The van der Waals surface area contributed by atoms with E-state index >= 15 is 0 Å². The summed E-state index contributed by atoms with van der Waals surface area (Å²) in [6.45, 7) is 6.84. The van der Waals surface area contributed by atoms with Crippen LogP contribution in [0.25, 0.3) is 0 Å². The fourth-order valence-electron chi connectivity index (χ4n) is 3.72. The summed E-state index contributed by atoms with van der Waals surface area (Å²) in [5, 5.41) is 0. The molecule has 0 saturated carbocycles. The number of benzene rings is 2. The zero-order chi connectivity index (χ0) is 18.5. The van der Waals surface area contributed by atoms with Gasteiger partial charge < -0.3 is 10.6 Å². The van der Waals surface area contributed by atoms with E-state index in [0.29, 0.717) is 19.0 Å². The molecule has 0 bridgehead atoms. The van der Waals surface area contributed by atoms with Crippen LogP contribution in [-0.4, -0.2) is 47.4 Å². The van der Waals surface area contributed by atoms with Gasteiger partial charge in [-0.05, 0) is 25.0 Å². The summed E-state index contributed by atoms with van der Waals surface area (Å²) in [6, 6.07) is 20.8. The maximum atomic E-state index is 12.9. The van der Waals surface area contributed by atoms with Crippen LogP contribution in [0.4, 0.5) is 0 Å². The van der Waals surface area contributed by atoms with Crippen LogP contribution < -0.4 is 5.73 Å². The molecule has 1 aliphatic rings. The zero-order valence-corrected chi connectivity index (χ0v) is 16.9. The van der Waals surface area contributed by atoms with Crippen LogP contribution in [0.3, 0.4) is 0 Å². The van der Waals surface area contributed by atoms with Gasteiger partial charge >= 0.3 is 0 Å². The first-order chi connectivity index (χ1) is 12.5. The number of likely N-dealkylation sites (tertiary alicyclic amines) is 1. The number of rotatable bonds is 6. The molecule has 0 radical (unpaired) electrons.